The van der Waals surface area contributed by atoms with Crippen LogP contribution in [0.3, 0.4) is 0 Å². The minimum atomic E-state index is 0.648. The molecule has 0 aliphatic rings. The molecule has 0 radical (unpaired) electrons. The van der Waals surface area contributed by atoms with E-state index in [0.29, 0.717) is 6.61 Å². The second-order valence-corrected chi connectivity index (χ2v) is 6.78. The quantitative estimate of drug-likeness (QED) is 0.295. The van der Waals surface area contributed by atoms with Gasteiger partial charge in [-0.15, -0.1) is 0 Å². The molecule has 3 rings (SSSR count). The van der Waals surface area contributed by atoms with E-state index in [0.717, 1.165) is 13.0 Å². The number of hydrogen-bond donors (Lipinski definition) is 0. The Morgan fingerprint density at radius 1 is 0.750 bits per heavy atom. The van der Waals surface area contributed by atoms with Crippen molar-refractivity contribution in [2.75, 3.05) is 6.61 Å². The van der Waals surface area contributed by atoms with Crippen molar-refractivity contribution in [3.05, 3.63) is 102 Å². The maximum absolute atomic E-state index is 5.79. The van der Waals surface area contributed by atoms with Crippen molar-refractivity contribution in [1.29, 1.82) is 0 Å². The van der Waals surface area contributed by atoms with Gasteiger partial charge in [0.2, 0.25) is 0 Å². The number of hydrogen-bond acceptors (Lipinski definition) is 1. The van der Waals surface area contributed by atoms with E-state index in [9.17, 15) is 0 Å². The van der Waals surface area contributed by atoms with E-state index in [1.807, 2.05) is 13.0 Å². The predicted molar refractivity (Wildman–Crippen MR) is 121 cm³/mol. The first-order valence-electron chi connectivity index (χ1n) is 9.92. The van der Waals surface area contributed by atoms with Crippen LogP contribution in [0.25, 0.3) is 28.3 Å². The first-order valence-corrected chi connectivity index (χ1v) is 9.92. The van der Waals surface area contributed by atoms with Crippen LogP contribution in [0.4, 0.5) is 0 Å². The van der Waals surface area contributed by atoms with Gasteiger partial charge in [0.15, 0.2) is 0 Å². The maximum Gasteiger partial charge on any atom is 0.0717 e. The van der Waals surface area contributed by atoms with Gasteiger partial charge in [0, 0.05) is 0 Å². The van der Waals surface area contributed by atoms with Gasteiger partial charge in [0.1, 0.15) is 0 Å². The minimum absolute atomic E-state index is 0.648. The standard InChI is InChI=1S/C27H28O/c1-3-5-9-19-28-21-22-13-18-27(26(20-22)10-4-2)25-16-14-24(15-17-25)23-11-7-6-8-12-23/h3-8,10-18,20H,9,19,21H2,1-2H3/b5-3+,10-4+. The Balaban J connectivity index is 1.79. The summed E-state index contributed by atoms with van der Waals surface area (Å²) in [5, 5.41) is 0. The second-order valence-electron chi connectivity index (χ2n) is 6.78. The topological polar surface area (TPSA) is 9.23 Å². The van der Waals surface area contributed by atoms with Gasteiger partial charge in [0.25, 0.3) is 0 Å². The molecule has 28 heavy (non-hydrogen) atoms. The molecule has 0 amide bonds. The fourth-order valence-electron chi connectivity index (χ4n) is 3.26. The van der Waals surface area contributed by atoms with Crippen molar-refractivity contribution in [2.24, 2.45) is 0 Å². The molecule has 0 spiro atoms. The molecule has 0 heterocycles. The Bertz CT molecular complexity index is 918. The molecule has 0 aliphatic carbocycles. The molecule has 0 fully saturated rings. The van der Waals surface area contributed by atoms with Gasteiger partial charge in [-0.05, 0) is 59.7 Å². The lowest BCUT2D eigenvalue weighted by atomic mass is 9.95. The van der Waals surface area contributed by atoms with Crippen molar-refractivity contribution >= 4 is 6.08 Å². The number of benzene rings is 3. The largest absolute Gasteiger partial charge is 0.376 e. The summed E-state index contributed by atoms with van der Waals surface area (Å²) in [6.07, 6.45) is 9.42. The SMILES string of the molecule is C/C=C/CCOCc1ccc(-c2ccc(-c3ccccc3)cc2)c(/C=C/C)c1. The van der Waals surface area contributed by atoms with Gasteiger partial charge < -0.3 is 4.74 Å². The van der Waals surface area contributed by atoms with Crippen LogP contribution in [-0.2, 0) is 11.3 Å². The third kappa shape index (κ3) is 5.31. The summed E-state index contributed by atoms with van der Waals surface area (Å²) in [6.45, 7) is 5.50. The zero-order valence-electron chi connectivity index (χ0n) is 16.8. The van der Waals surface area contributed by atoms with E-state index in [1.165, 1.54) is 33.4 Å². The Hall–Kier alpha value is -2.90. The first kappa shape index (κ1) is 19.9. The van der Waals surface area contributed by atoms with E-state index in [-0.39, 0.29) is 0 Å². The van der Waals surface area contributed by atoms with Gasteiger partial charge in [-0.1, -0.05) is 91.0 Å². The third-order valence-electron chi connectivity index (χ3n) is 4.70. The molecular weight excluding hydrogens is 340 g/mol. The molecule has 0 atom stereocenters. The number of rotatable bonds is 8. The number of ether oxygens (including phenoxy) is 1. The lowest BCUT2D eigenvalue weighted by Gasteiger charge is -2.11. The van der Waals surface area contributed by atoms with E-state index in [4.69, 9.17) is 4.74 Å². The molecule has 142 valence electrons. The number of allylic oxidation sites excluding steroid dienone is 2. The van der Waals surface area contributed by atoms with Crippen molar-refractivity contribution in [3.8, 4) is 22.3 Å². The zero-order valence-corrected chi connectivity index (χ0v) is 16.8. The summed E-state index contributed by atoms with van der Waals surface area (Å²) in [5.74, 6) is 0. The summed E-state index contributed by atoms with van der Waals surface area (Å²) >= 11 is 0. The lowest BCUT2D eigenvalue weighted by molar-refractivity contribution is 0.125. The fourth-order valence-corrected chi connectivity index (χ4v) is 3.26. The van der Waals surface area contributed by atoms with Crippen molar-refractivity contribution < 1.29 is 4.74 Å². The third-order valence-corrected chi connectivity index (χ3v) is 4.70. The average molecular weight is 369 g/mol. The Kier molecular flexibility index (Phi) is 7.40. The monoisotopic (exact) mass is 368 g/mol. The van der Waals surface area contributed by atoms with Gasteiger partial charge in [0.05, 0.1) is 13.2 Å². The summed E-state index contributed by atoms with van der Waals surface area (Å²) in [5.41, 5.74) is 7.39. The fraction of sp³-hybridized carbons (Fsp3) is 0.185. The summed E-state index contributed by atoms with van der Waals surface area (Å²) < 4.78 is 5.79. The molecule has 3 aromatic carbocycles. The highest BCUT2D eigenvalue weighted by atomic mass is 16.5. The summed E-state index contributed by atoms with van der Waals surface area (Å²) in [6, 6.07) is 25.9. The molecular formula is C27H28O. The van der Waals surface area contributed by atoms with Crippen molar-refractivity contribution in [1.82, 2.24) is 0 Å². The minimum Gasteiger partial charge on any atom is -0.376 e. The Labute approximate surface area is 169 Å². The second kappa shape index (κ2) is 10.4. The predicted octanol–water partition coefficient (Wildman–Crippen LogP) is 7.54. The van der Waals surface area contributed by atoms with Crippen LogP contribution in [0.1, 0.15) is 31.4 Å². The molecule has 0 N–H and O–H groups in total. The Morgan fingerprint density at radius 2 is 1.46 bits per heavy atom. The molecule has 0 bridgehead atoms. The van der Waals surface area contributed by atoms with Crippen LogP contribution >= 0.6 is 0 Å². The molecule has 0 unspecified atom stereocenters. The normalized spacial score (nSPS) is 11.5. The van der Waals surface area contributed by atoms with Gasteiger partial charge in [-0.25, -0.2) is 0 Å². The van der Waals surface area contributed by atoms with Gasteiger partial charge >= 0.3 is 0 Å². The van der Waals surface area contributed by atoms with Crippen molar-refractivity contribution in [3.63, 3.8) is 0 Å². The van der Waals surface area contributed by atoms with E-state index in [1.54, 1.807) is 0 Å². The van der Waals surface area contributed by atoms with E-state index in [2.05, 4.69) is 98.0 Å². The molecule has 1 heteroatoms. The average Bonchev–Trinajstić information content (AvgIpc) is 2.75. The first-order chi connectivity index (χ1) is 13.8. The highest BCUT2D eigenvalue weighted by Gasteiger charge is 2.06. The van der Waals surface area contributed by atoms with E-state index >= 15 is 0 Å². The highest BCUT2D eigenvalue weighted by molar-refractivity contribution is 5.77. The van der Waals surface area contributed by atoms with Crippen LogP contribution in [0.5, 0.6) is 0 Å². The smallest absolute Gasteiger partial charge is 0.0717 e. The zero-order chi connectivity index (χ0) is 19.6. The van der Waals surface area contributed by atoms with Crippen LogP contribution in [0, 0.1) is 0 Å². The van der Waals surface area contributed by atoms with Gasteiger partial charge in [-0.2, -0.15) is 0 Å². The highest BCUT2D eigenvalue weighted by Crippen LogP contribution is 2.29. The lowest BCUT2D eigenvalue weighted by Crippen LogP contribution is -1.96. The van der Waals surface area contributed by atoms with Crippen LogP contribution in [0.15, 0.2) is 91.0 Å². The van der Waals surface area contributed by atoms with Crippen LogP contribution < -0.4 is 0 Å². The van der Waals surface area contributed by atoms with Crippen LogP contribution in [-0.4, -0.2) is 6.61 Å². The molecule has 0 saturated heterocycles. The molecule has 3 aromatic rings. The maximum atomic E-state index is 5.79. The molecule has 0 aromatic heterocycles. The van der Waals surface area contributed by atoms with E-state index < -0.39 is 0 Å². The Morgan fingerprint density at radius 3 is 2.18 bits per heavy atom. The summed E-state index contributed by atoms with van der Waals surface area (Å²) in [4.78, 5) is 0. The molecule has 1 nitrogen and oxygen atoms in total. The molecule has 0 saturated carbocycles. The molecule has 0 aliphatic heterocycles. The van der Waals surface area contributed by atoms with Gasteiger partial charge in [-0.3, -0.25) is 0 Å². The van der Waals surface area contributed by atoms with Crippen molar-refractivity contribution in [2.45, 2.75) is 26.9 Å². The summed E-state index contributed by atoms with van der Waals surface area (Å²) in [7, 11) is 0. The van der Waals surface area contributed by atoms with Crippen LogP contribution in [0.2, 0.25) is 0 Å².